The molecule has 0 saturated carbocycles. The van der Waals surface area contributed by atoms with Crippen LogP contribution in [-0.4, -0.2) is 37.8 Å². The van der Waals surface area contributed by atoms with Crippen molar-refractivity contribution in [2.24, 2.45) is 0 Å². The predicted molar refractivity (Wildman–Crippen MR) is 65.7 cm³/mol. The summed E-state index contributed by atoms with van der Waals surface area (Å²) in [5.41, 5.74) is -0.516. The molecule has 0 aliphatic carbocycles. The van der Waals surface area contributed by atoms with Crippen LogP contribution in [0.4, 0.5) is 0 Å². The second-order valence-electron chi connectivity index (χ2n) is 5.46. The van der Waals surface area contributed by atoms with Crippen molar-refractivity contribution in [3.05, 3.63) is 12.2 Å². The van der Waals surface area contributed by atoms with E-state index in [-0.39, 0.29) is 24.6 Å². The van der Waals surface area contributed by atoms with Crippen molar-refractivity contribution in [2.75, 3.05) is 13.2 Å². The molecule has 5 heteroatoms. The maximum absolute atomic E-state index is 5.87. The molecule has 2 rings (SSSR count). The predicted octanol–water partition coefficient (Wildman–Crippen LogP) is 2.01. The van der Waals surface area contributed by atoms with Gasteiger partial charge in [-0.15, -0.1) is 0 Å². The van der Waals surface area contributed by atoms with Crippen molar-refractivity contribution in [2.45, 2.75) is 51.5 Å². The highest BCUT2D eigenvalue weighted by Crippen LogP contribution is 2.37. The highest BCUT2D eigenvalue weighted by atomic mass is 16.7. The fourth-order valence-corrected chi connectivity index (χ4v) is 1.85. The molecule has 0 aromatic rings. The van der Waals surface area contributed by atoms with Crippen LogP contribution >= 0.6 is 0 Å². The van der Waals surface area contributed by atoms with Crippen molar-refractivity contribution in [3.63, 3.8) is 0 Å². The smallest absolute Gasteiger partial charge is 0.403 e. The molecule has 96 valence electrons. The number of rotatable bonds is 3. The molecule has 4 nitrogen and oxygen atoms in total. The molecule has 2 fully saturated rings. The average molecular weight is 240 g/mol. The van der Waals surface area contributed by atoms with Crippen molar-refractivity contribution in [1.82, 2.24) is 0 Å². The van der Waals surface area contributed by atoms with Crippen LogP contribution in [0.2, 0.25) is 6.32 Å². The molecule has 0 unspecified atom stereocenters. The Balaban J connectivity index is 1.81. The lowest BCUT2D eigenvalue weighted by Crippen LogP contribution is -2.41. The second-order valence-corrected chi connectivity index (χ2v) is 5.46. The standard InChI is InChI=1S/C12H21BO4/c1-11(2)12(3,4)17-13(16-11)7-5-6-10-14-8-9-15-10/h5-6,10H,7-9H2,1-4H3/b6-5-. The maximum atomic E-state index is 5.87. The Bertz CT molecular complexity index is 279. The minimum atomic E-state index is -0.258. The van der Waals surface area contributed by atoms with Gasteiger partial charge in [-0.05, 0) is 33.8 Å². The van der Waals surface area contributed by atoms with Crippen molar-refractivity contribution >= 4 is 7.12 Å². The van der Waals surface area contributed by atoms with Gasteiger partial charge in [0.05, 0.1) is 24.4 Å². The fraction of sp³-hybridized carbons (Fsp3) is 0.833. The van der Waals surface area contributed by atoms with E-state index in [9.17, 15) is 0 Å². The van der Waals surface area contributed by atoms with E-state index in [4.69, 9.17) is 18.8 Å². The molecular formula is C12H21BO4. The highest BCUT2D eigenvalue weighted by molar-refractivity contribution is 6.46. The van der Waals surface area contributed by atoms with Crippen LogP contribution in [0.5, 0.6) is 0 Å². The van der Waals surface area contributed by atoms with E-state index < -0.39 is 0 Å². The lowest BCUT2D eigenvalue weighted by Gasteiger charge is -2.32. The van der Waals surface area contributed by atoms with Crippen LogP contribution in [0.1, 0.15) is 27.7 Å². The third-order valence-electron chi connectivity index (χ3n) is 3.57. The Kier molecular flexibility index (Phi) is 3.64. The van der Waals surface area contributed by atoms with Crippen molar-refractivity contribution in [3.8, 4) is 0 Å². The maximum Gasteiger partial charge on any atom is 0.461 e. The van der Waals surface area contributed by atoms with Gasteiger partial charge in [-0.3, -0.25) is 0 Å². The molecule has 2 saturated heterocycles. The zero-order valence-corrected chi connectivity index (χ0v) is 11.1. The van der Waals surface area contributed by atoms with E-state index in [1.165, 1.54) is 0 Å². The number of ether oxygens (including phenoxy) is 2. The van der Waals surface area contributed by atoms with Gasteiger partial charge in [0.25, 0.3) is 0 Å². The molecule has 2 aliphatic rings. The average Bonchev–Trinajstić information content (AvgIpc) is 2.74. The minimum Gasteiger partial charge on any atom is -0.403 e. The summed E-state index contributed by atoms with van der Waals surface area (Å²) in [6.07, 6.45) is 4.43. The molecule has 2 heterocycles. The lowest BCUT2D eigenvalue weighted by molar-refractivity contribution is -0.00164. The van der Waals surface area contributed by atoms with Gasteiger partial charge in [-0.2, -0.15) is 0 Å². The Labute approximate surface area is 103 Å². The second kappa shape index (κ2) is 4.73. The lowest BCUT2D eigenvalue weighted by atomic mass is 9.85. The Hall–Kier alpha value is -0.355. The molecule has 0 aromatic heterocycles. The minimum absolute atomic E-state index is 0.183. The molecule has 2 aliphatic heterocycles. The van der Waals surface area contributed by atoms with Crippen LogP contribution in [0.15, 0.2) is 12.2 Å². The van der Waals surface area contributed by atoms with Gasteiger partial charge >= 0.3 is 7.12 Å². The fourth-order valence-electron chi connectivity index (χ4n) is 1.85. The van der Waals surface area contributed by atoms with Crippen LogP contribution < -0.4 is 0 Å². The van der Waals surface area contributed by atoms with E-state index in [0.29, 0.717) is 13.2 Å². The summed E-state index contributed by atoms with van der Waals surface area (Å²) in [6, 6.07) is 0. The third-order valence-corrected chi connectivity index (χ3v) is 3.57. The zero-order valence-electron chi connectivity index (χ0n) is 11.1. The summed E-state index contributed by atoms with van der Waals surface area (Å²) in [4.78, 5) is 0. The normalized spacial score (nSPS) is 28.4. The van der Waals surface area contributed by atoms with Gasteiger partial charge in [-0.1, -0.05) is 6.08 Å². The molecule has 0 spiro atoms. The molecule has 0 radical (unpaired) electrons. The first-order chi connectivity index (χ1) is 7.91. The third kappa shape index (κ3) is 2.91. The SMILES string of the molecule is CC1(C)OB(C/C=C\C2OCCO2)OC1(C)C. The summed E-state index contributed by atoms with van der Waals surface area (Å²) in [5.74, 6) is 0. The quantitative estimate of drug-likeness (QED) is 0.558. The monoisotopic (exact) mass is 240 g/mol. The summed E-state index contributed by atoms with van der Waals surface area (Å²) < 4.78 is 22.4. The van der Waals surface area contributed by atoms with Crippen LogP contribution in [0.25, 0.3) is 0 Å². The van der Waals surface area contributed by atoms with E-state index >= 15 is 0 Å². The van der Waals surface area contributed by atoms with E-state index in [2.05, 4.69) is 27.7 Å². The summed E-state index contributed by atoms with van der Waals surface area (Å²) in [7, 11) is -0.183. The van der Waals surface area contributed by atoms with Gasteiger partial charge in [0.2, 0.25) is 0 Å². The Morgan fingerprint density at radius 2 is 1.59 bits per heavy atom. The van der Waals surface area contributed by atoms with Gasteiger partial charge in [0.15, 0.2) is 6.29 Å². The van der Waals surface area contributed by atoms with Gasteiger partial charge in [0, 0.05) is 6.32 Å². The molecule has 0 N–H and O–H groups in total. The van der Waals surface area contributed by atoms with Crippen LogP contribution in [0.3, 0.4) is 0 Å². The largest absolute Gasteiger partial charge is 0.461 e. The zero-order chi connectivity index (χ0) is 12.5. The first kappa shape index (κ1) is 13.1. The Morgan fingerprint density at radius 1 is 1.06 bits per heavy atom. The van der Waals surface area contributed by atoms with E-state index in [0.717, 1.165) is 6.32 Å². The van der Waals surface area contributed by atoms with E-state index in [1.807, 2.05) is 12.2 Å². The number of hydrogen-bond acceptors (Lipinski definition) is 4. The summed E-state index contributed by atoms with van der Waals surface area (Å²) in [5, 5.41) is 0. The Morgan fingerprint density at radius 3 is 2.12 bits per heavy atom. The molecule has 17 heavy (non-hydrogen) atoms. The van der Waals surface area contributed by atoms with Crippen molar-refractivity contribution in [1.29, 1.82) is 0 Å². The number of hydrogen-bond donors (Lipinski definition) is 0. The first-order valence-corrected chi connectivity index (χ1v) is 6.16. The molecule has 0 atom stereocenters. The first-order valence-electron chi connectivity index (χ1n) is 6.16. The molecular weight excluding hydrogens is 219 g/mol. The van der Waals surface area contributed by atoms with Gasteiger partial charge in [0.1, 0.15) is 0 Å². The molecule has 0 aromatic carbocycles. The molecule has 0 bridgehead atoms. The summed E-state index contributed by atoms with van der Waals surface area (Å²) >= 11 is 0. The van der Waals surface area contributed by atoms with Gasteiger partial charge < -0.3 is 18.8 Å². The van der Waals surface area contributed by atoms with E-state index in [1.54, 1.807) is 0 Å². The highest BCUT2D eigenvalue weighted by Gasteiger charge is 2.50. The van der Waals surface area contributed by atoms with Crippen molar-refractivity contribution < 1.29 is 18.8 Å². The molecule has 0 amide bonds. The topological polar surface area (TPSA) is 36.9 Å². The van der Waals surface area contributed by atoms with Gasteiger partial charge in [-0.25, -0.2) is 0 Å². The van der Waals surface area contributed by atoms with Crippen LogP contribution in [0, 0.1) is 0 Å². The summed E-state index contributed by atoms with van der Waals surface area (Å²) in [6.45, 7) is 9.57. The number of allylic oxidation sites excluding steroid dienone is 1. The van der Waals surface area contributed by atoms with Crippen LogP contribution in [-0.2, 0) is 18.8 Å².